The lowest BCUT2D eigenvalue weighted by Crippen LogP contribution is -2.58. The molecule has 1 N–H and O–H groups in total. The third-order valence-corrected chi connectivity index (χ3v) is 9.61. The number of aliphatic hydroxyl groups excluding tert-OH is 1. The first-order chi connectivity index (χ1) is 16.0. The molecule has 0 aromatic heterocycles. The molecule has 190 valence electrons. The standard InChI is InChI=1S/C26H40N2O5S/c1-8-12-27(17(5)6)23(31)21-26-11-10-25(7,34-26)20(24(32)33-13-9-2)19(26)22(30)28(21)18(15-29)14-16(3)4/h8-9,16-21,29H,1-2,10-15H2,3-7H3/t18-,19+,20+,21?,25-,26?/m1/s1. The first-order valence-corrected chi connectivity index (χ1v) is 13.1. The number of ether oxygens (including phenoxy) is 1. The Balaban J connectivity index is 2.13. The second-order valence-corrected chi connectivity index (χ2v) is 12.6. The van der Waals surface area contributed by atoms with Crippen molar-refractivity contribution in [1.29, 1.82) is 0 Å². The zero-order valence-electron chi connectivity index (χ0n) is 21.2. The summed E-state index contributed by atoms with van der Waals surface area (Å²) in [6, 6.07) is -1.31. The van der Waals surface area contributed by atoms with Crippen LogP contribution in [0.5, 0.6) is 0 Å². The fraction of sp³-hybridized carbons (Fsp3) is 0.731. The van der Waals surface area contributed by atoms with Crippen LogP contribution in [0.15, 0.2) is 25.3 Å². The Kier molecular flexibility index (Phi) is 7.92. The Morgan fingerprint density at radius 3 is 2.47 bits per heavy atom. The molecule has 0 aliphatic carbocycles. The summed E-state index contributed by atoms with van der Waals surface area (Å²) in [6.45, 7) is 17.7. The highest BCUT2D eigenvalue weighted by atomic mass is 32.2. The summed E-state index contributed by atoms with van der Waals surface area (Å²) in [5, 5.41) is 10.3. The Labute approximate surface area is 208 Å². The van der Waals surface area contributed by atoms with Gasteiger partial charge in [0.25, 0.3) is 0 Å². The summed E-state index contributed by atoms with van der Waals surface area (Å²) < 4.78 is 4.26. The number of fused-ring (bicyclic) bond motifs is 1. The number of rotatable bonds is 11. The smallest absolute Gasteiger partial charge is 0.311 e. The number of thioether (sulfide) groups is 1. The molecule has 3 aliphatic heterocycles. The lowest BCUT2D eigenvalue weighted by Gasteiger charge is -2.41. The fourth-order valence-corrected chi connectivity index (χ4v) is 8.62. The first-order valence-electron chi connectivity index (χ1n) is 12.3. The van der Waals surface area contributed by atoms with Crippen LogP contribution in [0.1, 0.15) is 53.9 Å². The van der Waals surface area contributed by atoms with E-state index in [1.165, 1.54) is 6.08 Å². The average molecular weight is 493 g/mol. The van der Waals surface area contributed by atoms with Gasteiger partial charge in [-0.3, -0.25) is 14.4 Å². The molecular weight excluding hydrogens is 452 g/mol. The van der Waals surface area contributed by atoms with Gasteiger partial charge in [0.2, 0.25) is 11.8 Å². The van der Waals surface area contributed by atoms with Crippen LogP contribution >= 0.6 is 11.8 Å². The van der Waals surface area contributed by atoms with Crippen molar-refractivity contribution < 1.29 is 24.2 Å². The molecule has 0 saturated carbocycles. The summed E-state index contributed by atoms with van der Waals surface area (Å²) in [7, 11) is 0. The first kappa shape index (κ1) is 26.8. The summed E-state index contributed by atoms with van der Waals surface area (Å²) >= 11 is 1.62. The van der Waals surface area contributed by atoms with E-state index in [4.69, 9.17) is 4.74 Å². The van der Waals surface area contributed by atoms with Gasteiger partial charge in [0.15, 0.2) is 0 Å². The molecule has 34 heavy (non-hydrogen) atoms. The average Bonchev–Trinajstić information content (AvgIpc) is 3.34. The summed E-state index contributed by atoms with van der Waals surface area (Å²) in [4.78, 5) is 44.9. The maximum atomic E-state index is 14.2. The molecule has 2 amide bonds. The molecule has 3 aliphatic rings. The third kappa shape index (κ3) is 4.21. The minimum Gasteiger partial charge on any atom is -0.461 e. The number of nitrogens with zero attached hydrogens (tertiary/aromatic N) is 2. The number of aliphatic hydroxyl groups is 1. The van der Waals surface area contributed by atoms with Crippen LogP contribution in [-0.4, -0.2) is 80.1 Å². The van der Waals surface area contributed by atoms with E-state index >= 15 is 0 Å². The van der Waals surface area contributed by atoms with E-state index in [0.717, 1.165) is 6.42 Å². The lowest BCUT2D eigenvalue weighted by molar-refractivity contribution is -0.155. The fourth-order valence-electron chi connectivity index (χ4n) is 6.30. The van der Waals surface area contributed by atoms with Crippen LogP contribution in [0.3, 0.4) is 0 Å². The number of hydrogen-bond donors (Lipinski definition) is 1. The van der Waals surface area contributed by atoms with Crippen LogP contribution in [-0.2, 0) is 19.1 Å². The molecule has 0 radical (unpaired) electrons. The van der Waals surface area contributed by atoms with E-state index in [-0.39, 0.29) is 37.0 Å². The number of amides is 2. The maximum Gasteiger partial charge on any atom is 0.311 e. The van der Waals surface area contributed by atoms with Gasteiger partial charge in [-0.1, -0.05) is 32.6 Å². The predicted octanol–water partition coefficient (Wildman–Crippen LogP) is 3.03. The molecular formula is C26H40N2O5S. The van der Waals surface area contributed by atoms with Crippen LogP contribution in [0.4, 0.5) is 0 Å². The number of likely N-dealkylation sites (tertiary alicyclic amines) is 1. The van der Waals surface area contributed by atoms with E-state index in [0.29, 0.717) is 19.4 Å². The van der Waals surface area contributed by atoms with Gasteiger partial charge in [-0.25, -0.2) is 0 Å². The Hall–Kier alpha value is -1.80. The van der Waals surface area contributed by atoms with Crippen molar-refractivity contribution in [1.82, 2.24) is 9.80 Å². The second-order valence-electron chi connectivity index (χ2n) is 10.7. The Morgan fingerprint density at radius 1 is 1.26 bits per heavy atom. The van der Waals surface area contributed by atoms with Gasteiger partial charge in [-0.2, -0.15) is 0 Å². The quantitative estimate of drug-likeness (QED) is 0.352. The highest BCUT2D eigenvalue weighted by molar-refractivity contribution is 8.02. The Bertz CT molecular complexity index is 845. The molecule has 1 spiro atoms. The van der Waals surface area contributed by atoms with Crippen molar-refractivity contribution >= 4 is 29.5 Å². The van der Waals surface area contributed by atoms with E-state index in [1.54, 1.807) is 27.6 Å². The van der Waals surface area contributed by atoms with Gasteiger partial charge in [0.05, 0.1) is 29.2 Å². The summed E-state index contributed by atoms with van der Waals surface area (Å²) in [6.07, 6.45) is 5.19. The van der Waals surface area contributed by atoms with Crippen LogP contribution in [0, 0.1) is 17.8 Å². The SMILES string of the molecule is C=CCOC(=O)[C@@H]1[C@H]2C(=O)N([C@@H](CO)CC(C)C)C(C(=O)N(CC=C)C(C)C)C23CC[C@@]1(C)S3. The van der Waals surface area contributed by atoms with Gasteiger partial charge in [0.1, 0.15) is 12.6 Å². The van der Waals surface area contributed by atoms with E-state index in [9.17, 15) is 19.5 Å². The zero-order valence-corrected chi connectivity index (χ0v) is 22.0. The third-order valence-electron chi connectivity index (χ3n) is 7.63. The van der Waals surface area contributed by atoms with Crippen molar-refractivity contribution in [2.24, 2.45) is 17.8 Å². The topological polar surface area (TPSA) is 87.1 Å². The van der Waals surface area contributed by atoms with Crippen LogP contribution in [0.2, 0.25) is 0 Å². The molecule has 3 fully saturated rings. The minimum atomic E-state index is -0.743. The van der Waals surface area contributed by atoms with E-state index in [1.807, 2.05) is 34.6 Å². The molecule has 6 atom stereocenters. The molecule has 7 nitrogen and oxygen atoms in total. The predicted molar refractivity (Wildman–Crippen MR) is 134 cm³/mol. The molecule has 3 rings (SSSR count). The molecule has 3 saturated heterocycles. The molecule has 2 unspecified atom stereocenters. The highest BCUT2D eigenvalue weighted by Crippen LogP contribution is 2.71. The van der Waals surface area contributed by atoms with Crippen molar-refractivity contribution in [2.45, 2.75) is 81.5 Å². The maximum absolute atomic E-state index is 14.2. The molecule has 0 aromatic carbocycles. The molecule has 3 heterocycles. The van der Waals surface area contributed by atoms with Crippen LogP contribution in [0.25, 0.3) is 0 Å². The van der Waals surface area contributed by atoms with Gasteiger partial charge in [-0.15, -0.1) is 18.3 Å². The van der Waals surface area contributed by atoms with E-state index in [2.05, 4.69) is 13.2 Å². The zero-order chi connectivity index (χ0) is 25.4. The van der Waals surface area contributed by atoms with Gasteiger partial charge < -0.3 is 19.6 Å². The van der Waals surface area contributed by atoms with Gasteiger partial charge >= 0.3 is 5.97 Å². The van der Waals surface area contributed by atoms with Crippen LogP contribution < -0.4 is 0 Å². The Morgan fingerprint density at radius 2 is 1.94 bits per heavy atom. The monoisotopic (exact) mass is 492 g/mol. The lowest BCUT2D eigenvalue weighted by atomic mass is 9.66. The second kappa shape index (κ2) is 10.1. The molecule has 8 heteroatoms. The van der Waals surface area contributed by atoms with Crippen molar-refractivity contribution in [3.63, 3.8) is 0 Å². The number of hydrogen-bond acceptors (Lipinski definition) is 6. The summed E-state index contributed by atoms with van der Waals surface area (Å²) in [5.41, 5.74) is 0. The normalized spacial score (nSPS) is 32.8. The number of carbonyl (C=O) groups is 3. The van der Waals surface area contributed by atoms with Gasteiger partial charge in [0, 0.05) is 17.3 Å². The van der Waals surface area contributed by atoms with Crippen molar-refractivity contribution in [3.05, 3.63) is 25.3 Å². The molecule has 0 aromatic rings. The van der Waals surface area contributed by atoms with Gasteiger partial charge in [-0.05, 0) is 46.0 Å². The number of carbonyl (C=O) groups excluding carboxylic acids is 3. The number of esters is 1. The molecule has 2 bridgehead atoms. The van der Waals surface area contributed by atoms with E-state index < -0.39 is 39.4 Å². The highest BCUT2D eigenvalue weighted by Gasteiger charge is 2.78. The summed E-state index contributed by atoms with van der Waals surface area (Å²) in [5.74, 6) is -1.81. The minimum absolute atomic E-state index is 0.0804. The van der Waals surface area contributed by atoms with Crippen molar-refractivity contribution in [3.8, 4) is 0 Å². The largest absolute Gasteiger partial charge is 0.461 e. The van der Waals surface area contributed by atoms with Crippen molar-refractivity contribution in [2.75, 3.05) is 19.8 Å².